The third-order valence-electron chi connectivity index (χ3n) is 5.20. The number of hydrogen-bond donors (Lipinski definition) is 1. The van der Waals surface area contributed by atoms with E-state index < -0.39 is 5.97 Å². The average molecular weight is 466 g/mol. The van der Waals surface area contributed by atoms with Crippen LogP contribution in [0.15, 0.2) is 63.5 Å². The van der Waals surface area contributed by atoms with Crippen LogP contribution < -0.4 is 14.8 Å². The first-order valence-corrected chi connectivity index (χ1v) is 10.3. The Labute approximate surface area is 183 Å². The smallest absolute Gasteiger partial charge is 0.336 e. The molecular weight excluding hydrogens is 444 g/mol. The molecule has 2 aliphatic rings. The number of fused-ring (bicyclic) bond motifs is 2. The van der Waals surface area contributed by atoms with Crippen LogP contribution in [0.3, 0.4) is 0 Å². The summed E-state index contributed by atoms with van der Waals surface area (Å²) in [5.41, 5.74) is 4.34. The maximum atomic E-state index is 12.0. The minimum Gasteiger partial charge on any atom is -0.478 e. The molecule has 0 saturated heterocycles. The summed E-state index contributed by atoms with van der Waals surface area (Å²) in [6.07, 6.45) is 0. The van der Waals surface area contributed by atoms with Gasteiger partial charge < -0.3 is 14.4 Å². The molecule has 0 fully saturated rings. The van der Waals surface area contributed by atoms with E-state index in [1.807, 2.05) is 86.2 Å². The second kappa shape index (κ2) is 7.61. The van der Waals surface area contributed by atoms with Crippen LogP contribution in [0.1, 0.15) is 10.4 Å². The zero-order chi connectivity index (χ0) is 21.6. The van der Waals surface area contributed by atoms with Gasteiger partial charge in [0.25, 0.3) is 0 Å². The predicted molar refractivity (Wildman–Crippen MR) is 124 cm³/mol. The van der Waals surface area contributed by atoms with Crippen LogP contribution in [0.25, 0.3) is 33.4 Å². The molecule has 0 atom stereocenters. The van der Waals surface area contributed by atoms with Crippen LogP contribution in [-0.2, 0) is 0 Å². The van der Waals surface area contributed by atoms with Crippen LogP contribution in [0.4, 0.5) is 5.69 Å². The Bertz CT molecular complexity index is 1330. The van der Waals surface area contributed by atoms with E-state index in [1.165, 1.54) is 0 Å². The number of carboxylic acid groups (broad SMARTS) is 1. The van der Waals surface area contributed by atoms with Crippen molar-refractivity contribution in [3.63, 3.8) is 0 Å². The number of anilines is 1. The van der Waals surface area contributed by atoms with Crippen LogP contribution in [-0.4, -0.2) is 39.3 Å². The summed E-state index contributed by atoms with van der Waals surface area (Å²) in [6, 6.07) is 17.4. The first kappa shape index (κ1) is 20.2. The number of rotatable bonds is 3. The van der Waals surface area contributed by atoms with Crippen molar-refractivity contribution in [1.82, 2.24) is 4.58 Å². The van der Waals surface area contributed by atoms with Gasteiger partial charge in [-0.25, -0.2) is 9.37 Å². The van der Waals surface area contributed by atoms with Gasteiger partial charge in [0.1, 0.15) is 25.4 Å². The van der Waals surface area contributed by atoms with E-state index in [0.29, 0.717) is 16.9 Å². The molecule has 2 aromatic rings. The van der Waals surface area contributed by atoms with Gasteiger partial charge in [0.05, 0.1) is 11.6 Å². The molecule has 1 aliphatic carbocycles. The Hall–Kier alpha value is -3.12. The van der Waals surface area contributed by atoms with E-state index in [-0.39, 0.29) is 5.56 Å². The van der Waals surface area contributed by atoms with Crippen LogP contribution in [0.5, 0.6) is 0 Å². The molecule has 1 heterocycles. The summed E-state index contributed by atoms with van der Waals surface area (Å²) in [4.78, 5) is 14.1. The molecule has 0 radical (unpaired) electrons. The Kier molecular flexibility index (Phi) is 5.12. The Morgan fingerprint density at radius 1 is 1.00 bits per heavy atom. The standard InChI is InChI=1S/C24H21BrN2O3/c1-26(2)15-6-9-18-21(12-15)30-22-13-16(27(3)4)7-10-19(22)23(18)17-8-5-14(25)11-20(17)24(28)29/h5-13H,1-4H3/p+1. The lowest BCUT2D eigenvalue weighted by atomic mass is 9.90. The van der Waals surface area contributed by atoms with E-state index in [1.54, 1.807) is 6.07 Å². The number of carboxylic acids is 1. The third kappa shape index (κ3) is 3.48. The molecule has 1 aliphatic heterocycles. The maximum Gasteiger partial charge on any atom is 0.336 e. The van der Waals surface area contributed by atoms with E-state index in [9.17, 15) is 9.90 Å². The average Bonchev–Trinajstić information content (AvgIpc) is 2.71. The molecule has 30 heavy (non-hydrogen) atoms. The second-order valence-corrected chi connectivity index (χ2v) is 8.54. The number of aromatic carboxylic acids is 1. The molecule has 0 amide bonds. The van der Waals surface area contributed by atoms with Crippen molar-refractivity contribution in [1.29, 1.82) is 0 Å². The topological polar surface area (TPSA) is 56.7 Å². The number of halogens is 1. The van der Waals surface area contributed by atoms with Gasteiger partial charge in [-0.3, -0.25) is 0 Å². The number of nitrogens with zero attached hydrogens (tertiary/aromatic N) is 2. The van der Waals surface area contributed by atoms with E-state index in [2.05, 4.69) is 15.9 Å². The fourth-order valence-corrected chi connectivity index (χ4v) is 3.99. The van der Waals surface area contributed by atoms with Crippen molar-refractivity contribution in [2.75, 3.05) is 33.1 Å². The van der Waals surface area contributed by atoms with Crippen molar-refractivity contribution in [2.24, 2.45) is 0 Å². The molecule has 1 N–H and O–H groups in total. The molecule has 0 spiro atoms. The van der Waals surface area contributed by atoms with Gasteiger partial charge in [-0.2, -0.15) is 0 Å². The Balaban J connectivity index is 2.19. The highest BCUT2D eigenvalue weighted by atomic mass is 79.9. The van der Waals surface area contributed by atoms with Gasteiger partial charge in [0, 0.05) is 52.9 Å². The quantitative estimate of drug-likeness (QED) is 0.350. The fraction of sp³-hybridized carbons (Fsp3) is 0.167. The van der Waals surface area contributed by atoms with Crippen LogP contribution >= 0.6 is 15.9 Å². The predicted octanol–water partition coefficient (Wildman–Crippen LogP) is 4.76. The van der Waals surface area contributed by atoms with Gasteiger partial charge >= 0.3 is 5.97 Å². The molecule has 0 saturated carbocycles. The first-order chi connectivity index (χ1) is 14.3. The molecule has 152 valence electrons. The lowest BCUT2D eigenvalue weighted by Crippen LogP contribution is -2.21. The molecule has 2 aromatic carbocycles. The molecular formula is C24H22BrN2O3+. The largest absolute Gasteiger partial charge is 0.478 e. The maximum absolute atomic E-state index is 12.0. The zero-order valence-electron chi connectivity index (χ0n) is 17.2. The normalized spacial score (nSPS) is 11.1. The van der Waals surface area contributed by atoms with Gasteiger partial charge in [0.15, 0.2) is 0 Å². The zero-order valence-corrected chi connectivity index (χ0v) is 18.8. The highest BCUT2D eigenvalue weighted by molar-refractivity contribution is 9.10. The van der Waals surface area contributed by atoms with E-state index >= 15 is 0 Å². The van der Waals surface area contributed by atoms with Gasteiger partial charge in [0.2, 0.25) is 5.36 Å². The SMILES string of the molecule is CN(C)c1ccc2c(-c3ccc(Br)cc3C(=O)O)c3ccc(=[N+](C)C)cc-3oc2c1. The molecule has 0 aromatic heterocycles. The first-order valence-electron chi connectivity index (χ1n) is 9.48. The fourth-order valence-electron chi connectivity index (χ4n) is 3.63. The summed E-state index contributed by atoms with van der Waals surface area (Å²) in [5, 5.41) is 11.8. The summed E-state index contributed by atoms with van der Waals surface area (Å²) >= 11 is 3.39. The second-order valence-electron chi connectivity index (χ2n) is 7.62. The highest BCUT2D eigenvalue weighted by Crippen LogP contribution is 2.42. The summed E-state index contributed by atoms with van der Waals surface area (Å²) in [5.74, 6) is -0.262. The Morgan fingerprint density at radius 3 is 2.40 bits per heavy atom. The molecule has 5 nitrogen and oxygen atoms in total. The van der Waals surface area contributed by atoms with Crippen LogP contribution in [0.2, 0.25) is 0 Å². The third-order valence-corrected chi connectivity index (χ3v) is 5.70. The minimum atomic E-state index is -0.969. The van der Waals surface area contributed by atoms with Crippen molar-refractivity contribution < 1.29 is 14.3 Å². The molecule has 0 unspecified atom stereocenters. The van der Waals surface area contributed by atoms with Crippen molar-refractivity contribution >= 4 is 38.6 Å². The van der Waals surface area contributed by atoms with Crippen molar-refractivity contribution in [3.05, 3.63) is 70.0 Å². The monoisotopic (exact) mass is 465 g/mol. The minimum absolute atomic E-state index is 0.242. The molecule has 6 heteroatoms. The van der Waals surface area contributed by atoms with Crippen LogP contribution in [0, 0.1) is 0 Å². The lowest BCUT2D eigenvalue weighted by molar-refractivity contribution is 0.0697. The van der Waals surface area contributed by atoms with Gasteiger partial charge in [-0.15, -0.1) is 0 Å². The number of benzene rings is 3. The van der Waals surface area contributed by atoms with E-state index in [4.69, 9.17) is 4.42 Å². The van der Waals surface area contributed by atoms with Gasteiger partial charge in [-0.1, -0.05) is 22.0 Å². The molecule has 4 rings (SSSR count). The van der Waals surface area contributed by atoms with Crippen molar-refractivity contribution in [3.8, 4) is 22.5 Å². The number of carbonyl (C=O) groups is 1. The summed E-state index contributed by atoms with van der Waals surface area (Å²) < 4.78 is 9.04. The Morgan fingerprint density at radius 2 is 1.73 bits per heavy atom. The highest BCUT2D eigenvalue weighted by Gasteiger charge is 2.22. The lowest BCUT2D eigenvalue weighted by Gasteiger charge is -2.19. The van der Waals surface area contributed by atoms with E-state index in [0.717, 1.165) is 32.0 Å². The molecule has 0 bridgehead atoms. The van der Waals surface area contributed by atoms with Crippen molar-refractivity contribution in [2.45, 2.75) is 0 Å². The summed E-state index contributed by atoms with van der Waals surface area (Å²) in [6.45, 7) is 0. The number of hydrogen-bond acceptors (Lipinski definition) is 3. The summed E-state index contributed by atoms with van der Waals surface area (Å²) in [7, 11) is 7.91. The van der Waals surface area contributed by atoms with Gasteiger partial charge in [-0.05, 0) is 35.9 Å².